The number of nitrogens with zero attached hydrogens (tertiary/aromatic N) is 2. The Morgan fingerprint density at radius 3 is 2.01 bits per heavy atom. The topological polar surface area (TPSA) is 182 Å². The maximum atomic E-state index is 15.3. The Hall–Kier alpha value is -6.08. The predicted octanol–water partition coefficient (Wildman–Crippen LogP) is 5.56. The van der Waals surface area contributed by atoms with Gasteiger partial charge in [0.1, 0.15) is 44.4 Å². The Morgan fingerprint density at radius 1 is 0.800 bits per heavy atom. The highest BCUT2D eigenvalue weighted by Gasteiger charge is 2.54. The van der Waals surface area contributed by atoms with E-state index in [1.807, 2.05) is 74.5 Å². The van der Waals surface area contributed by atoms with Crippen molar-refractivity contribution in [3.8, 4) is 23.8 Å². The molecule has 2 aliphatic rings. The average Bonchev–Trinajstić information content (AvgIpc) is 4.07. The minimum atomic E-state index is -1.36. The molecule has 15 heteroatoms. The summed E-state index contributed by atoms with van der Waals surface area (Å²) in [5.41, 5.74) is 0.341. The van der Waals surface area contributed by atoms with Gasteiger partial charge in [-0.3, -0.25) is 33.7 Å². The summed E-state index contributed by atoms with van der Waals surface area (Å²) < 4.78 is 23.2. The lowest BCUT2D eigenvalue weighted by atomic mass is 9.97. The zero-order valence-corrected chi connectivity index (χ0v) is 42.3. The number of carbonyl (C=O) groups excluding carboxylic acids is 6. The first-order chi connectivity index (χ1) is 33.2. The van der Waals surface area contributed by atoms with Crippen molar-refractivity contribution in [3.63, 3.8) is 0 Å². The number of amides is 5. The van der Waals surface area contributed by atoms with Crippen molar-refractivity contribution in [2.75, 3.05) is 52.6 Å². The second-order valence-electron chi connectivity index (χ2n) is 20.7. The quantitative estimate of drug-likeness (QED) is 0.0338. The number of terminal acetylenes is 1. The standard InChI is InChI=1S/C55H73N5O10/c1-10-29-68-47-34-42(22-24-46(47)70-53(66)54(6,7)8)35-60(27-30-67-31-28-60)36-48(61)59(52(65)55(9)37-69-55)45(23-21-40-17-13-11-14-18-40)51(64)58-43(32-39(4)5)50(63)57-44(33-41-19-15-12-16-20-41)49(62)56-26-25-38(2)3/h1,11-20,22,24,34,38-39,43-45H,21,23,25-33,35-37H2,2-9H3,(H2-,56,57,58,62,63,64)/p+1/t43-,44-,45-,55+/m0/s1. The van der Waals surface area contributed by atoms with Crippen LogP contribution in [0.2, 0.25) is 0 Å². The Labute approximate surface area is 414 Å². The molecule has 3 aromatic carbocycles. The number of morpholine rings is 1. The highest BCUT2D eigenvalue weighted by molar-refractivity contribution is 6.05. The zero-order valence-electron chi connectivity index (χ0n) is 42.3. The lowest BCUT2D eigenvalue weighted by Crippen LogP contribution is -2.64. The number of aryl methyl sites for hydroxylation is 1. The number of carbonyl (C=O) groups is 6. The maximum absolute atomic E-state index is 15.3. The van der Waals surface area contributed by atoms with Gasteiger partial charge in [0, 0.05) is 18.5 Å². The molecule has 0 saturated carbocycles. The number of imide groups is 1. The molecule has 15 nitrogen and oxygen atoms in total. The van der Waals surface area contributed by atoms with Crippen LogP contribution in [0.5, 0.6) is 11.5 Å². The normalized spacial score (nSPS) is 17.6. The molecule has 2 aliphatic heterocycles. The van der Waals surface area contributed by atoms with Crippen LogP contribution >= 0.6 is 0 Å². The fourth-order valence-corrected chi connectivity index (χ4v) is 8.22. The number of esters is 1. The number of rotatable bonds is 24. The summed E-state index contributed by atoms with van der Waals surface area (Å²) in [4.78, 5) is 87.2. The third kappa shape index (κ3) is 16.2. The molecule has 0 unspecified atom stereocenters. The minimum Gasteiger partial charge on any atom is -0.477 e. The number of hydrogen-bond acceptors (Lipinski definition) is 10. The number of hydrogen-bond donors (Lipinski definition) is 3. The number of nitrogens with one attached hydrogen (secondary N) is 3. The summed E-state index contributed by atoms with van der Waals surface area (Å²) in [6.07, 6.45) is 7.10. The van der Waals surface area contributed by atoms with E-state index < -0.39 is 58.7 Å². The van der Waals surface area contributed by atoms with E-state index in [2.05, 4.69) is 35.7 Å². The van der Waals surface area contributed by atoms with E-state index in [9.17, 15) is 19.2 Å². The summed E-state index contributed by atoms with van der Waals surface area (Å²) in [5.74, 6) is -0.105. The molecule has 3 N–H and O–H groups in total. The molecule has 0 bridgehead atoms. The fraction of sp³-hybridized carbons (Fsp3) is 0.527. The monoisotopic (exact) mass is 965 g/mol. The van der Waals surface area contributed by atoms with Crippen LogP contribution in [0.25, 0.3) is 0 Å². The van der Waals surface area contributed by atoms with E-state index in [4.69, 9.17) is 25.4 Å². The Balaban J connectivity index is 1.49. The second-order valence-corrected chi connectivity index (χ2v) is 20.7. The smallest absolute Gasteiger partial charge is 0.316 e. The summed E-state index contributed by atoms with van der Waals surface area (Å²) in [5, 5.41) is 8.88. The molecule has 0 aromatic heterocycles. The van der Waals surface area contributed by atoms with Crippen LogP contribution in [0.4, 0.5) is 0 Å². The van der Waals surface area contributed by atoms with Gasteiger partial charge in [-0.05, 0) is 94.5 Å². The van der Waals surface area contributed by atoms with Crippen LogP contribution in [0.3, 0.4) is 0 Å². The first kappa shape index (κ1) is 54.9. The van der Waals surface area contributed by atoms with E-state index >= 15 is 9.59 Å². The molecule has 2 heterocycles. The van der Waals surface area contributed by atoms with Gasteiger partial charge in [0.25, 0.3) is 11.8 Å². The van der Waals surface area contributed by atoms with E-state index in [1.54, 1.807) is 45.9 Å². The summed E-state index contributed by atoms with van der Waals surface area (Å²) >= 11 is 0. The first-order valence-corrected chi connectivity index (χ1v) is 24.5. The molecule has 70 heavy (non-hydrogen) atoms. The lowest BCUT2D eigenvalue weighted by molar-refractivity contribution is -0.940. The van der Waals surface area contributed by atoms with Crippen LogP contribution in [-0.2, 0) is 57.6 Å². The van der Waals surface area contributed by atoms with Crippen molar-refractivity contribution in [1.82, 2.24) is 20.9 Å². The van der Waals surface area contributed by atoms with Gasteiger partial charge in [0.15, 0.2) is 23.6 Å². The lowest BCUT2D eigenvalue weighted by Gasteiger charge is -2.42. The van der Waals surface area contributed by atoms with Gasteiger partial charge in [-0.1, -0.05) is 94.3 Å². The van der Waals surface area contributed by atoms with Crippen LogP contribution in [-0.4, -0.2) is 121 Å². The van der Waals surface area contributed by atoms with E-state index in [1.165, 1.54) is 0 Å². The number of ether oxygens (including phenoxy) is 4. The molecule has 5 rings (SSSR count). The van der Waals surface area contributed by atoms with Crippen LogP contribution < -0.4 is 25.4 Å². The first-order valence-electron chi connectivity index (χ1n) is 24.5. The molecule has 3 aromatic rings. The number of epoxide rings is 1. The van der Waals surface area contributed by atoms with Crippen molar-refractivity contribution in [3.05, 3.63) is 95.6 Å². The van der Waals surface area contributed by atoms with Crippen LogP contribution in [0, 0.1) is 29.6 Å². The minimum absolute atomic E-state index is 0.0437. The van der Waals surface area contributed by atoms with Crippen molar-refractivity contribution in [1.29, 1.82) is 0 Å². The fourth-order valence-electron chi connectivity index (χ4n) is 8.22. The SMILES string of the molecule is C#CCOc1cc(C[N+]2(CC(=O)N(C(=O)[C@@]3(C)CO3)[C@@H](CCc3ccccc3)C(=O)N[C@@H](CC(C)C)C(=O)N[C@@H](Cc3ccccc3)C(=O)NCCC(C)C)CCOCC2)ccc1OC(=O)C(C)(C)C. The highest BCUT2D eigenvalue weighted by Crippen LogP contribution is 2.34. The van der Waals surface area contributed by atoms with Crippen LogP contribution in [0.1, 0.15) is 91.3 Å². The van der Waals surface area contributed by atoms with Gasteiger partial charge in [0.2, 0.25) is 17.7 Å². The maximum Gasteiger partial charge on any atom is 0.316 e. The van der Waals surface area contributed by atoms with Gasteiger partial charge < -0.3 is 39.4 Å². The van der Waals surface area contributed by atoms with Crippen molar-refractivity contribution < 1.29 is 52.2 Å². The number of benzene rings is 3. The molecule has 4 atom stereocenters. The van der Waals surface area contributed by atoms with E-state index in [0.717, 1.165) is 28.0 Å². The molecule has 2 saturated heterocycles. The van der Waals surface area contributed by atoms with Crippen LogP contribution in [0.15, 0.2) is 78.9 Å². The third-order valence-electron chi connectivity index (χ3n) is 12.5. The van der Waals surface area contributed by atoms with Gasteiger partial charge in [-0.25, -0.2) is 0 Å². The zero-order chi connectivity index (χ0) is 51.1. The molecular weight excluding hydrogens is 891 g/mol. The molecule has 0 spiro atoms. The Kier molecular flexibility index (Phi) is 19.7. The summed E-state index contributed by atoms with van der Waals surface area (Å²) in [7, 11) is 0. The van der Waals surface area contributed by atoms with Gasteiger partial charge in [-0.15, -0.1) is 6.42 Å². The predicted molar refractivity (Wildman–Crippen MR) is 266 cm³/mol. The second kappa shape index (κ2) is 25.2. The molecule has 378 valence electrons. The van der Waals surface area contributed by atoms with Crippen molar-refractivity contribution >= 4 is 35.5 Å². The number of quaternary nitrogens is 1. The van der Waals surface area contributed by atoms with Gasteiger partial charge in [-0.2, -0.15) is 0 Å². The molecule has 2 fully saturated rings. The van der Waals surface area contributed by atoms with Gasteiger partial charge >= 0.3 is 5.97 Å². The molecule has 0 aliphatic carbocycles. The Bertz CT molecular complexity index is 2300. The van der Waals surface area contributed by atoms with Gasteiger partial charge in [0.05, 0.1) is 25.2 Å². The third-order valence-corrected chi connectivity index (χ3v) is 12.5. The molecule has 5 amide bonds. The van der Waals surface area contributed by atoms with E-state index in [0.29, 0.717) is 45.2 Å². The average molecular weight is 965 g/mol. The summed E-state index contributed by atoms with van der Waals surface area (Å²) in [6, 6.07) is 20.6. The molecular formula is C55H74N5O10+. The largest absolute Gasteiger partial charge is 0.477 e. The Morgan fingerprint density at radius 2 is 1.43 bits per heavy atom. The van der Waals surface area contributed by atoms with Crippen molar-refractivity contribution in [2.45, 2.75) is 118 Å². The molecule has 0 radical (unpaired) electrons. The summed E-state index contributed by atoms with van der Waals surface area (Å²) in [6.45, 7) is 16.8. The highest BCUT2D eigenvalue weighted by atomic mass is 16.6. The van der Waals surface area contributed by atoms with E-state index in [-0.39, 0.29) is 73.4 Å². The van der Waals surface area contributed by atoms with Crippen molar-refractivity contribution in [2.24, 2.45) is 17.3 Å².